The summed E-state index contributed by atoms with van der Waals surface area (Å²) < 4.78 is 14.7. The Morgan fingerprint density at radius 2 is 1.57 bits per heavy atom. The minimum absolute atomic E-state index is 0.157. The van der Waals surface area contributed by atoms with E-state index < -0.39 is 11.9 Å². The molecule has 114 valence electrons. The van der Waals surface area contributed by atoms with Crippen LogP contribution >= 0.6 is 0 Å². The molecule has 0 bridgehead atoms. The summed E-state index contributed by atoms with van der Waals surface area (Å²) in [6.07, 6.45) is 1.42. The molecule has 5 nitrogen and oxygen atoms in total. The summed E-state index contributed by atoms with van der Waals surface area (Å²) >= 11 is 0. The lowest BCUT2D eigenvalue weighted by molar-refractivity contribution is -0.143. The van der Waals surface area contributed by atoms with Crippen LogP contribution in [0.15, 0.2) is 29.8 Å². The fraction of sp³-hybridized carbons (Fsp3) is 0.375. The maximum absolute atomic E-state index is 11.5. The fourth-order valence-electron chi connectivity index (χ4n) is 1.51. The van der Waals surface area contributed by atoms with Crippen molar-refractivity contribution in [1.82, 2.24) is 0 Å². The van der Waals surface area contributed by atoms with Crippen LogP contribution in [0.5, 0.6) is 5.75 Å². The Morgan fingerprint density at radius 1 is 1.05 bits per heavy atom. The minimum atomic E-state index is -0.734. The van der Waals surface area contributed by atoms with E-state index in [1.165, 1.54) is 20.3 Å². The molecule has 0 radical (unpaired) electrons. The summed E-state index contributed by atoms with van der Waals surface area (Å²) in [4.78, 5) is 23.1. The highest BCUT2D eigenvalue weighted by Gasteiger charge is 2.19. The van der Waals surface area contributed by atoms with Crippen LogP contribution in [0.4, 0.5) is 0 Å². The first kappa shape index (κ1) is 16.8. The van der Waals surface area contributed by atoms with Crippen molar-refractivity contribution in [2.75, 3.05) is 20.8 Å². The summed E-state index contributed by atoms with van der Waals surface area (Å²) in [7, 11) is 2.42. The van der Waals surface area contributed by atoms with Crippen molar-refractivity contribution < 1.29 is 23.8 Å². The van der Waals surface area contributed by atoms with Gasteiger partial charge in [-0.05, 0) is 29.7 Å². The maximum Gasteiger partial charge on any atom is 0.345 e. The number of hydrogen-bond acceptors (Lipinski definition) is 5. The van der Waals surface area contributed by atoms with Gasteiger partial charge in [-0.25, -0.2) is 9.59 Å². The van der Waals surface area contributed by atoms with E-state index in [-0.39, 0.29) is 5.57 Å². The number of methoxy groups -OCH3 is 2. The number of rotatable bonds is 6. The van der Waals surface area contributed by atoms with E-state index in [4.69, 9.17) is 4.74 Å². The molecule has 0 aliphatic rings. The predicted molar refractivity (Wildman–Crippen MR) is 78.8 cm³/mol. The molecule has 1 aromatic carbocycles. The molecule has 0 fully saturated rings. The summed E-state index contributed by atoms with van der Waals surface area (Å²) in [5.74, 6) is -0.294. The third-order valence-corrected chi connectivity index (χ3v) is 2.59. The second-order valence-corrected chi connectivity index (χ2v) is 4.82. The maximum atomic E-state index is 11.5. The summed E-state index contributed by atoms with van der Waals surface area (Å²) in [6.45, 7) is 4.76. The quantitative estimate of drug-likeness (QED) is 0.349. The molecule has 0 unspecified atom stereocenters. The van der Waals surface area contributed by atoms with E-state index in [1.807, 2.05) is 0 Å². The number of benzene rings is 1. The van der Waals surface area contributed by atoms with Crippen LogP contribution < -0.4 is 4.74 Å². The molecule has 0 saturated heterocycles. The largest absolute Gasteiger partial charge is 0.493 e. The van der Waals surface area contributed by atoms with E-state index >= 15 is 0 Å². The molecule has 0 aliphatic carbocycles. The zero-order valence-electron chi connectivity index (χ0n) is 12.7. The normalized spacial score (nSPS) is 9.95. The van der Waals surface area contributed by atoms with Gasteiger partial charge in [-0.15, -0.1) is 0 Å². The SMILES string of the molecule is COC(=O)C(=Cc1ccc(OCC(C)C)cc1)C(=O)OC. The third kappa shape index (κ3) is 5.30. The summed E-state index contributed by atoms with van der Waals surface area (Å²) in [6, 6.07) is 7.06. The Hall–Kier alpha value is -2.30. The van der Waals surface area contributed by atoms with Gasteiger partial charge in [0, 0.05) is 0 Å². The number of esters is 2. The van der Waals surface area contributed by atoms with E-state index in [9.17, 15) is 9.59 Å². The molecule has 0 amide bonds. The lowest BCUT2D eigenvalue weighted by Gasteiger charge is -2.08. The average Bonchev–Trinajstić information content (AvgIpc) is 2.50. The minimum Gasteiger partial charge on any atom is -0.493 e. The molecule has 0 spiro atoms. The molecule has 0 N–H and O–H groups in total. The second-order valence-electron chi connectivity index (χ2n) is 4.82. The Labute approximate surface area is 124 Å². The van der Waals surface area contributed by atoms with Crippen molar-refractivity contribution in [3.63, 3.8) is 0 Å². The molecule has 21 heavy (non-hydrogen) atoms. The first-order chi connectivity index (χ1) is 9.97. The van der Waals surface area contributed by atoms with Gasteiger partial charge in [-0.1, -0.05) is 26.0 Å². The predicted octanol–water partition coefficient (Wildman–Crippen LogP) is 2.45. The second kappa shape index (κ2) is 8.09. The van der Waals surface area contributed by atoms with E-state index in [0.717, 1.165) is 5.75 Å². The van der Waals surface area contributed by atoms with Gasteiger partial charge < -0.3 is 14.2 Å². The van der Waals surface area contributed by atoms with E-state index in [1.54, 1.807) is 24.3 Å². The van der Waals surface area contributed by atoms with Gasteiger partial charge in [0.25, 0.3) is 0 Å². The van der Waals surface area contributed by atoms with Gasteiger partial charge >= 0.3 is 11.9 Å². The van der Waals surface area contributed by atoms with Crippen LogP contribution in [0.3, 0.4) is 0 Å². The molecule has 0 aliphatic heterocycles. The van der Waals surface area contributed by atoms with Crippen LogP contribution in [0.2, 0.25) is 0 Å². The van der Waals surface area contributed by atoms with Gasteiger partial charge in [-0.2, -0.15) is 0 Å². The van der Waals surface area contributed by atoms with Crippen LogP contribution in [-0.2, 0) is 19.1 Å². The van der Waals surface area contributed by atoms with Gasteiger partial charge in [0.2, 0.25) is 0 Å². The van der Waals surface area contributed by atoms with Crippen LogP contribution in [0, 0.1) is 5.92 Å². The van der Waals surface area contributed by atoms with Crippen molar-refractivity contribution in [3.05, 3.63) is 35.4 Å². The van der Waals surface area contributed by atoms with Crippen LogP contribution in [0.1, 0.15) is 19.4 Å². The highest BCUT2D eigenvalue weighted by Crippen LogP contribution is 2.16. The van der Waals surface area contributed by atoms with Crippen molar-refractivity contribution in [3.8, 4) is 5.75 Å². The number of carbonyl (C=O) groups is 2. The Morgan fingerprint density at radius 3 is 2.00 bits per heavy atom. The summed E-state index contributed by atoms with van der Waals surface area (Å²) in [5.41, 5.74) is 0.522. The van der Waals surface area contributed by atoms with Gasteiger partial charge in [0.05, 0.1) is 20.8 Å². The molecule has 0 atom stereocenters. The molecule has 5 heteroatoms. The number of carbonyl (C=O) groups excluding carboxylic acids is 2. The highest BCUT2D eigenvalue weighted by atomic mass is 16.5. The molecule has 1 rings (SSSR count). The van der Waals surface area contributed by atoms with Crippen LogP contribution in [-0.4, -0.2) is 32.8 Å². The Balaban J connectivity index is 2.90. The Kier molecular flexibility index (Phi) is 6.46. The third-order valence-electron chi connectivity index (χ3n) is 2.59. The first-order valence-electron chi connectivity index (χ1n) is 6.59. The van der Waals surface area contributed by atoms with Crippen molar-refractivity contribution in [2.24, 2.45) is 5.92 Å². The van der Waals surface area contributed by atoms with E-state index in [0.29, 0.717) is 18.1 Å². The highest BCUT2D eigenvalue weighted by molar-refractivity contribution is 6.17. The van der Waals surface area contributed by atoms with Gasteiger partial charge in [0.15, 0.2) is 0 Å². The van der Waals surface area contributed by atoms with E-state index in [2.05, 4.69) is 23.3 Å². The number of hydrogen-bond donors (Lipinski definition) is 0. The fourth-order valence-corrected chi connectivity index (χ4v) is 1.51. The topological polar surface area (TPSA) is 61.8 Å². The zero-order chi connectivity index (χ0) is 15.8. The lowest BCUT2D eigenvalue weighted by atomic mass is 10.1. The molecule has 0 heterocycles. The van der Waals surface area contributed by atoms with Crippen molar-refractivity contribution in [2.45, 2.75) is 13.8 Å². The molecule has 0 saturated carbocycles. The van der Waals surface area contributed by atoms with Gasteiger partial charge in [0.1, 0.15) is 11.3 Å². The standard InChI is InChI=1S/C16H20O5/c1-11(2)10-21-13-7-5-12(6-8-13)9-14(15(17)19-3)16(18)20-4/h5-9,11H,10H2,1-4H3. The molecular weight excluding hydrogens is 272 g/mol. The smallest absolute Gasteiger partial charge is 0.345 e. The lowest BCUT2D eigenvalue weighted by Crippen LogP contribution is -2.15. The average molecular weight is 292 g/mol. The first-order valence-corrected chi connectivity index (χ1v) is 6.59. The number of ether oxygens (including phenoxy) is 3. The summed E-state index contributed by atoms with van der Waals surface area (Å²) in [5, 5.41) is 0. The van der Waals surface area contributed by atoms with Crippen LogP contribution in [0.25, 0.3) is 6.08 Å². The van der Waals surface area contributed by atoms with Gasteiger partial charge in [-0.3, -0.25) is 0 Å². The monoisotopic (exact) mass is 292 g/mol. The van der Waals surface area contributed by atoms with Crippen molar-refractivity contribution >= 4 is 18.0 Å². The molecule has 0 aromatic heterocycles. The van der Waals surface area contributed by atoms with Crippen molar-refractivity contribution in [1.29, 1.82) is 0 Å². The molecular formula is C16H20O5. The Bertz CT molecular complexity index is 496. The molecule has 1 aromatic rings. The zero-order valence-corrected chi connectivity index (χ0v) is 12.7.